The molecule has 1 rings (SSSR count). The van der Waals surface area contributed by atoms with Crippen LogP contribution >= 0.6 is 0 Å². The summed E-state index contributed by atoms with van der Waals surface area (Å²) in [6.45, 7) is 5.07. The van der Waals surface area contributed by atoms with Gasteiger partial charge in [0.15, 0.2) is 0 Å². The van der Waals surface area contributed by atoms with Crippen LogP contribution in [0, 0.1) is 16.0 Å². The number of hydrogen-bond acceptors (Lipinski definition) is 4. The van der Waals surface area contributed by atoms with E-state index in [2.05, 4.69) is 19.2 Å². The Labute approximate surface area is 114 Å². The summed E-state index contributed by atoms with van der Waals surface area (Å²) in [5.74, 6) is 0.543. The normalized spacial score (nSPS) is 12.1. The zero-order valence-corrected chi connectivity index (χ0v) is 11.7. The van der Waals surface area contributed by atoms with Crippen molar-refractivity contribution in [2.75, 3.05) is 17.6 Å². The minimum atomic E-state index is -0.426. The first-order valence-corrected chi connectivity index (χ1v) is 6.86. The number of nitrogens with one attached hydrogen (secondary N) is 1. The van der Waals surface area contributed by atoms with E-state index >= 15 is 0 Å². The Bertz CT molecular complexity index is 421. The second-order valence-corrected chi connectivity index (χ2v) is 4.80. The highest BCUT2D eigenvalue weighted by Crippen LogP contribution is 2.30. The number of hydrogen-bond donors (Lipinski definition) is 2. The van der Waals surface area contributed by atoms with E-state index in [-0.39, 0.29) is 11.4 Å². The molecule has 0 radical (unpaired) electrons. The summed E-state index contributed by atoms with van der Waals surface area (Å²) < 4.78 is 0. The van der Waals surface area contributed by atoms with Crippen LogP contribution in [0.15, 0.2) is 18.2 Å². The average Bonchev–Trinajstić information content (AvgIpc) is 2.38. The van der Waals surface area contributed by atoms with Gasteiger partial charge in [0.2, 0.25) is 0 Å². The van der Waals surface area contributed by atoms with Crippen LogP contribution in [-0.2, 0) is 0 Å². The van der Waals surface area contributed by atoms with Crippen LogP contribution in [0.5, 0.6) is 0 Å². The summed E-state index contributed by atoms with van der Waals surface area (Å²) in [5.41, 5.74) is 6.36. The SMILES string of the molecule is CCCCC(CC)CNc1cccc(N)c1[N+](=O)[O-]. The van der Waals surface area contributed by atoms with E-state index in [9.17, 15) is 10.1 Å². The van der Waals surface area contributed by atoms with Crippen LogP contribution in [-0.4, -0.2) is 11.5 Å². The quantitative estimate of drug-likeness (QED) is 0.425. The van der Waals surface area contributed by atoms with Gasteiger partial charge in [-0.15, -0.1) is 0 Å². The molecule has 3 N–H and O–H groups in total. The first-order chi connectivity index (χ1) is 9.10. The topological polar surface area (TPSA) is 81.2 Å². The molecule has 1 aromatic carbocycles. The summed E-state index contributed by atoms with van der Waals surface area (Å²) in [6.07, 6.45) is 4.59. The molecule has 0 amide bonds. The highest BCUT2D eigenvalue weighted by atomic mass is 16.6. The van der Waals surface area contributed by atoms with Crippen LogP contribution in [0.2, 0.25) is 0 Å². The summed E-state index contributed by atoms with van der Waals surface area (Å²) >= 11 is 0. The Morgan fingerprint density at radius 3 is 2.74 bits per heavy atom. The van der Waals surface area contributed by atoms with Crippen molar-refractivity contribution in [1.29, 1.82) is 0 Å². The second kappa shape index (κ2) is 7.61. The van der Waals surface area contributed by atoms with Gasteiger partial charge >= 0.3 is 5.69 Å². The highest BCUT2D eigenvalue weighted by molar-refractivity contribution is 5.74. The van der Waals surface area contributed by atoms with Gasteiger partial charge in [-0.2, -0.15) is 0 Å². The van der Waals surface area contributed by atoms with E-state index in [0.29, 0.717) is 11.6 Å². The van der Waals surface area contributed by atoms with E-state index in [1.54, 1.807) is 18.2 Å². The molecule has 1 unspecified atom stereocenters. The monoisotopic (exact) mass is 265 g/mol. The number of rotatable bonds is 8. The van der Waals surface area contributed by atoms with Crippen LogP contribution in [0.25, 0.3) is 0 Å². The fourth-order valence-electron chi connectivity index (χ4n) is 2.11. The van der Waals surface area contributed by atoms with Crippen LogP contribution < -0.4 is 11.1 Å². The third-order valence-electron chi connectivity index (χ3n) is 3.37. The summed E-state index contributed by atoms with van der Waals surface area (Å²) in [5, 5.41) is 14.2. The van der Waals surface area contributed by atoms with Crippen LogP contribution in [0.4, 0.5) is 17.1 Å². The third-order valence-corrected chi connectivity index (χ3v) is 3.37. The molecule has 1 atom stereocenters. The molecule has 19 heavy (non-hydrogen) atoms. The largest absolute Gasteiger partial charge is 0.393 e. The van der Waals surface area contributed by atoms with Crippen LogP contribution in [0.3, 0.4) is 0 Å². The molecule has 0 aliphatic carbocycles. The highest BCUT2D eigenvalue weighted by Gasteiger charge is 2.18. The first-order valence-electron chi connectivity index (χ1n) is 6.86. The molecule has 0 heterocycles. The number of anilines is 2. The van der Waals surface area contributed by atoms with E-state index in [1.165, 1.54) is 12.8 Å². The lowest BCUT2D eigenvalue weighted by atomic mass is 9.99. The van der Waals surface area contributed by atoms with Gasteiger partial charge in [-0.1, -0.05) is 39.2 Å². The Balaban J connectivity index is 2.71. The predicted octanol–water partition coefficient (Wildman–Crippen LogP) is 3.81. The first kappa shape index (κ1) is 15.3. The number of nitro benzene ring substituents is 1. The average molecular weight is 265 g/mol. The number of nitrogens with zero attached hydrogens (tertiary/aromatic N) is 1. The van der Waals surface area contributed by atoms with Gasteiger partial charge in [0.05, 0.1) is 4.92 Å². The summed E-state index contributed by atoms with van der Waals surface area (Å²) in [6, 6.07) is 5.00. The summed E-state index contributed by atoms with van der Waals surface area (Å²) in [7, 11) is 0. The minimum absolute atomic E-state index is 0.0205. The number of nitrogen functional groups attached to an aromatic ring is 1. The third kappa shape index (κ3) is 4.43. The lowest BCUT2D eigenvalue weighted by Gasteiger charge is -2.16. The number of unbranched alkanes of at least 4 members (excludes halogenated alkanes) is 1. The molecule has 0 fully saturated rings. The van der Waals surface area contributed by atoms with Crippen molar-refractivity contribution in [2.24, 2.45) is 5.92 Å². The lowest BCUT2D eigenvalue weighted by Crippen LogP contribution is -2.14. The Morgan fingerprint density at radius 1 is 1.42 bits per heavy atom. The molecule has 0 bridgehead atoms. The summed E-state index contributed by atoms with van der Waals surface area (Å²) in [4.78, 5) is 10.6. The van der Waals surface area contributed by atoms with Crippen molar-refractivity contribution in [3.05, 3.63) is 28.3 Å². The molecule has 0 saturated carbocycles. The molecule has 1 aromatic rings. The Kier molecular flexibility index (Phi) is 6.12. The Hall–Kier alpha value is -1.78. The van der Waals surface area contributed by atoms with Crippen LogP contribution in [0.1, 0.15) is 39.5 Å². The van der Waals surface area contributed by atoms with Crippen molar-refractivity contribution in [3.8, 4) is 0 Å². The zero-order chi connectivity index (χ0) is 14.3. The number of nitro groups is 1. The maximum atomic E-state index is 11.0. The van der Waals surface area contributed by atoms with E-state index in [0.717, 1.165) is 19.4 Å². The van der Waals surface area contributed by atoms with E-state index in [1.807, 2.05) is 0 Å². The zero-order valence-electron chi connectivity index (χ0n) is 11.7. The molecule has 0 aliphatic rings. The van der Waals surface area contributed by atoms with Crippen molar-refractivity contribution >= 4 is 17.1 Å². The molecular formula is C14H23N3O2. The van der Waals surface area contributed by atoms with E-state index < -0.39 is 4.92 Å². The van der Waals surface area contributed by atoms with Crippen molar-refractivity contribution in [3.63, 3.8) is 0 Å². The number of nitrogens with two attached hydrogens (primary N) is 1. The lowest BCUT2D eigenvalue weighted by molar-refractivity contribution is -0.383. The van der Waals surface area contributed by atoms with Gasteiger partial charge in [0, 0.05) is 6.54 Å². The maximum Gasteiger partial charge on any atom is 0.314 e. The van der Waals surface area contributed by atoms with Gasteiger partial charge in [-0.25, -0.2) is 0 Å². The van der Waals surface area contributed by atoms with Gasteiger partial charge in [-0.3, -0.25) is 10.1 Å². The predicted molar refractivity (Wildman–Crippen MR) is 79.3 cm³/mol. The molecule has 0 spiro atoms. The molecule has 5 heteroatoms. The smallest absolute Gasteiger partial charge is 0.314 e. The molecular weight excluding hydrogens is 242 g/mol. The standard InChI is InChI=1S/C14H23N3O2/c1-3-5-7-11(4-2)10-16-13-9-6-8-12(15)14(13)17(18)19/h6,8-9,11,16H,3-5,7,10,15H2,1-2H3. The van der Waals surface area contributed by atoms with Gasteiger partial charge in [0.25, 0.3) is 0 Å². The van der Waals surface area contributed by atoms with Gasteiger partial charge < -0.3 is 11.1 Å². The number of para-hydroxylation sites is 1. The molecule has 5 nitrogen and oxygen atoms in total. The van der Waals surface area contributed by atoms with Crippen molar-refractivity contribution < 1.29 is 4.92 Å². The van der Waals surface area contributed by atoms with Gasteiger partial charge in [-0.05, 0) is 24.5 Å². The fourth-order valence-corrected chi connectivity index (χ4v) is 2.11. The van der Waals surface area contributed by atoms with Crippen molar-refractivity contribution in [2.45, 2.75) is 39.5 Å². The second-order valence-electron chi connectivity index (χ2n) is 4.80. The number of benzene rings is 1. The Morgan fingerprint density at radius 2 is 2.16 bits per heavy atom. The maximum absolute atomic E-state index is 11.0. The van der Waals surface area contributed by atoms with E-state index in [4.69, 9.17) is 5.73 Å². The molecule has 106 valence electrons. The van der Waals surface area contributed by atoms with Gasteiger partial charge in [0.1, 0.15) is 11.4 Å². The molecule has 0 aromatic heterocycles. The molecule has 0 aliphatic heterocycles. The fraction of sp³-hybridized carbons (Fsp3) is 0.571. The molecule has 0 saturated heterocycles. The minimum Gasteiger partial charge on any atom is -0.393 e. The van der Waals surface area contributed by atoms with Crippen molar-refractivity contribution in [1.82, 2.24) is 0 Å².